The number of hydrogen-bond donors (Lipinski definition) is 2. The Balaban J connectivity index is 1.42. The Hall–Kier alpha value is -3.44. The van der Waals surface area contributed by atoms with Gasteiger partial charge in [0.2, 0.25) is 11.8 Å². The number of anilines is 1. The number of nitrogens with two attached hydrogens (primary N) is 1. The lowest BCUT2D eigenvalue weighted by atomic mass is 10.1. The summed E-state index contributed by atoms with van der Waals surface area (Å²) < 4.78 is 7.27. The molecule has 3 heterocycles. The fourth-order valence-electron chi connectivity index (χ4n) is 3.14. The van der Waals surface area contributed by atoms with E-state index >= 15 is 0 Å². The number of nitrogens with one attached hydrogen (secondary N) is 1. The highest BCUT2D eigenvalue weighted by Gasteiger charge is 2.16. The van der Waals surface area contributed by atoms with Gasteiger partial charge in [0.1, 0.15) is 11.6 Å². The maximum Gasteiger partial charge on any atom is 0.234 e. The van der Waals surface area contributed by atoms with Crippen molar-refractivity contribution in [2.45, 2.75) is 31.5 Å². The summed E-state index contributed by atoms with van der Waals surface area (Å²) in [5.74, 6) is 0.894. The van der Waals surface area contributed by atoms with E-state index in [0.717, 1.165) is 22.0 Å². The summed E-state index contributed by atoms with van der Waals surface area (Å²) in [5, 5.41) is 14.9. The van der Waals surface area contributed by atoms with Gasteiger partial charge in [0.05, 0.1) is 29.3 Å². The van der Waals surface area contributed by atoms with Crippen molar-refractivity contribution in [3.8, 4) is 11.3 Å². The number of aryl methyl sites for hydroxylation is 2. The third-order valence-electron chi connectivity index (χ3n) is 4.68. The second kappa shape index (κ2) is 10.5. The molecule has 4 rings (SSSR count). The minimum Gasteiger partial charge on any atom is -0.467 e. The first-order chi connectivity index (χ1) is 16.0. The van der Waals surface area contributed by atoms with Crippen LogP contribution in [-0.2, 0) is 22.6 Å². The number of rotatable bonds is 10. The van der Waals surface area contributed by atoms with Gasteiger partial charge in [0.15, 0.2) is 5.16 Å². The molecule has 0 unspecified atom stereocenters. The molecule has 0 aliphatic carbocycles. The summed E-state index contributed by atoms with van der Waals surface area (Å²) in [6, 6.07) is 11.2. The number of nitrogens with zero attached hydrogens (tertiary/aromatic N) is 4. The van der Waals surface area contributed by atoms with Crippen LogP contribution in [0.1, 0.15) is 23.0 Å². The smallest absolute Gasteiger partial charge is 0.234 e. The molecule has 2 amide bonds. The molecule has 0 saturated heterocycles. The van der Waals surface area contributed by atoms with E-state index in [4.69, 9.17) is 10.2 Å². The molecular formula is C22H22N6O3S2. The molecule has 0 saturated carbocycles. The fourth-order valence-corrected chi connectivity index (χ4v) is 4.52. The van der Waals surface area contributed by atoms with Crippen molar-refractivity contribution in [2.75, 3.05) is 11.1 Å². The minimum absolute atomic E-state index is 0.145. The number of thiazole rings is 1. The van der Waals surface area contributed by atoms with E-state index in [0.29, 0.717) is 29.6 Å². The molecule has 0 aliphatic heterocycles. The zero-order chi connectivity index (χ0) is 23.2. The number of furan rings is 1. The monoisotopic (exact) mass is 482 g/mol. The number of primary amides is 1. The molecule has 3 aromatic heterocycles. The van der Waals surface area contributed by atoms with Crippen LogP contribution in [0.25, 0.3) is 11.3 Å². The summed E-state index contributed by atoms with van der Waals surface area (Å²) in [5.41, 5.74) is 7.81. The average molecular weight is 483 g/mol. The highest BCUT2D eigenvalue weighted by Crippen LogP contribution is 2.25. The van der Waals surface area contributed by atoms with E-state index in [-0.39, 0.29) is 18.1 Å². The van der Waals surface area contributed by atoms with Crippen LogP contribution in [0.15, 0.2) is 57.6 Å². The Bertz CT molecular complexity index is 1250. The van der Waals surface area contributed by atoms with Crippen LogP contribution in [0.4, 0.5) is 5.69 Å². The van der Waals surface area contributed by atoms with Gasteiger partial charge in [-0.1, -0.05) is 23.9 Å². The van der Waals surface area contributed by atoms with E-state index in [1.165, 1.54) is 11.8 Å². The SMILES string of the molecule is Cc1nc(-c2cccc(NC(=O)CSc3nnc(CCC(N)=O)n3Cc3ccco3)c2)cs1. The number of amides is 2. The van der Waals surface area contributed by atoms with Gasteiger partial charge in [-0.25, -0.2) is 4.98 Å². The van der Waals surface area contributed by atoms with E-state index in [1.54, 1.807) is 23.7 Å². The standard InChI is InChI=1S/C22H22N6O3S2/c1-14-24-18(12-32-14)15-4-2-5-16(10-15)25-21(30)13-33-22-27-26-20(8-7-19(23)29)28(22)11-17-6-3-9-31-17/h2-6,9-10,12H,7-8,11,13H2,1H3,(H2,23,29)(H,25,30). The molecule has 4 aromatic rings. The lowest BCUT2D eigenvalue weighted by Crippen LogP contribution is -2.16. The third kappa shape index (κ3) is 6.08. The van der Waals surface area contributed by atoms with Crippen molar-refractivity contribution < 1.29 is 14.0 Å². The Kier molecular flexibility index (Phi) is 7.20. The topological polar surface area (TPSA) is 129 Å². The van der Waals surface area contributed by atoms with Crippen LogP contribution >= 0.6 is 23.1 Å². The van der Waals surface area contributed by atoms with Gasteiger partial charge in [-0.2, -0.15) is 0 Å². The Morgan fingerprint density at radius 3 is 2.85 bits per heavy atom. The molecule has 1 aromatic carbocycles. The van der Waals surface area contributed by atoms with E-state index in [9.17, 15) is 9.59 Å². The van der Waals surface area contributed by atoms with Crippen molar-refractivity contribution in [2.24, 2.45) is 5.73 Å². The Morgan fingerprint density at radius 2 is 2.12 bits per heavy atom. The van der Waals surface area contributed by atoms with Gasteiger partial charge >= 0.3 is 0 Å². The first kappa shape index (κ1) is 22.7. The normalized spacial score (nSPS) is 10.9. The summed E-state index contributed by atoms with van der Waals surface area (Å²) in [4.78, 5) is 28.3. The predicted molar refractivity (Wildman–Crippen MR) is 127 cm³/mol. The number of benzene rings is 1. The maximum absolute atomic E-state index is 12.6. The second-order valence-electron chi connectivity index (χ2n) is 7.20. The van der Waals surface area contributed by atoms with Gasteiger partial charge in [-0.05, 0) is 31.2 Å². The molecule has 33 heavy (non-hydrogen) atoms. The highest BCUT2D eigenvalue weighted by molar-refractivity contribution is 7.99. The molecule has 11 heteroatoms. The van der Waals surface area contributed by atoms with Crippen molar-refractivity contribution in [3.63, 3.8) is 0 Å². The van der Waals surface area contributed by atoms with Gasteiger partial charge in [-0.3, -0.25) is 14.2 Å². The summed E-state index contributed by atoms with van der Waals surface area (Å²) >= 11 is 2.85. The number of hydrogen-bond acceptors (Lipinski definition) is 8. The van der Waals surface area contributed by atoms with Gasteiger partial charge in [0.25, 0.3) is 0 Å². The van der Waals surface area contributed by atoms with E-state index in [1.807, 2.05) is 47.2 Å². The number of carbonyl (C=O) groups is 2. The lowest BCUT2D eigenvalue weighted by molar-refractivity contribution is -0.118. The van der Waals surface area contributed by atoms with E-state index < -0.39 is 5.91 Å². The molecule has 0 spiro atoms. The maximum atomic E-state index is 12.6. The van der Waals surface area contributed by atoms with Crippen molar-refractivity contribution >= 4 is 40.6 Å². The lowest BCUT2D eigenvalue weighted by Gasteiger charge is -2.09. The molecule has 3 N–H and O–H groups in total. The van der Waals surface area contributed by atoms with E-state index in [2.05, 4.69) is 20.5 Å². The number of thioether (sulfide) groups is 1. The molecule has 0 fully saturated rings. The Labute approximate surface area is 198 Å². The predicted octanol–water partition coefficient (Wildman–Crippen LogP) is 3.50. The molecule has 0 bridgehead atoms. The fraction of sp³-hybridized carbons (Fsp3) is 0.227. The van der Waals surface area contributed by atoms with Gasteiger partial charge < -0.3 is 15.5 Å². The van der Waals surface area contributed by atoms with Crippen LogP contribution < -0.4 is 11.1 Å². The van der Waals surface area contributed by atoms with Crippen LogP contribution in [0.5, 0.6) is 0 Å². The molecule has 0 atom stereocenters. The van der Waals surface area contributed by atoms with Gasteiger partial charge in [0, 0.05) is 29.5 Å². The molecule has 0 radical (unpaired) electrons. The number of aromatic nitrogens is 4. The highest BCUT2D eigenvalue weighted by atomic mass is 32.2. The first-order valence-corrected chi connectivity index (χ1v) is 12.0. The zero-order valence-electron chi connectivity index (χ0n) is 17.9. The zero-order valence-corrected chi connectivity index (χ0v) is 19.5. The first-order valence-electron chi connectivity index (χ1n) is 10.2. The van der Waals surface area contributed by atoms with Crippen molar-refractivity contribution in [3.05, 3.63) is 64.6 Å². The van der Waals surface area contributed by atoms with Crippen molar-refractivity contribution in [1.82, 2.24) is 19.7 Å². The largest absolute Gasteiger partial charge is 0.467 e. The summed E-state index contributed by atoms with van der Waals surface area (Å²) in [7, 11) is 0. The molecule has 0 aliphatic rings. The minimum atomic E-state index is -0.411. The van der Waals surface area contributed by atoms with Crippen LogP contribution in [0.3, 0.4) is 0 Å². The number of carbonyl (C=O) groups excluding carboxylic acids is 2. The van der Waals surface area contributed by atoms with Crippen LogP contribution in [-0.4, -0.2) is 37.3 Å². The van der Waals surface area contributed by atoms with Crippen molar-refractivity contribution in [1.29, 1.82) is 0 Å². The molecule has 9 nitrogen and oxygen atoms in total. The van der Waals surface area contributed by atoms with Crippen LogP contribution in [0, 0.1) is 6.92 Å². The third-order valence-corrected chi connectivity index (χ3v) is 6.42. The Morgan fingerprint density at radius 1 is 1.24 bits per heavy atom. The second-order valence-corrected chi connectivity index (χ2v) is 9.20. The summed E-state index contributed by atoms with van der Waals surface area (Å²) in [6.45, 7) is 2.36. The van der Waals surface area contributed by atoms with Gasteiger partial charge in [-0.15, -0.1) is 21.5 Å². The average Bonchev–Trinajstić information content (AvgIpc) is 3.53. The van der Waals surface area contributed by atoms with Crippen LogP contribution in [0.2, 0.25) is 0 Å². The quantitative estimate of drug-likeness (QED) is 0.331. The molecular weight excluding hydrogens is 460 g/mol. The molecule has 170 valence electrons. The summed E-state index contributed by atoms with van der Waals surface area (Å²) in [6.07, 6.45) is 2.11.